The minimum Gasteiger partial charge on any atom is -0.467 e. The summed E-state index contributed by atoms with van der Waals surface area (Å²) in [7, 11) is 0. The highest BCUT2D eigenvalue weighted by Crippen LogP contribution is 2.27. The molecule has 0 radical (unpaired) electrons. The van der Waals surface area contributed by atoms with Crippen LogP contribution in [-0.4, -0.2) is 40.9 Å². The predicted octanol–water partition coefficient (Wildman–Crippen LogP) is 3.00. The number of nitrogens with zero attached hydrogens (tertiary/aromatic N) is 2. The van der Waals surface area contributed by atoms with Gasteiger partial charge in [0, 0.05) is 19.1 Å². The van der Waals surface area contributed by atoms with Crippen LogP contribution in [0, 0.1) is 0 Å². The molecule has 26 heavy (non-hydrogen) atoms. The summed E-state index contributed by atoms with van der Waals surface area (Å²) in [4.78, 5) is 28.7. The normalized spacial score (nSPS) is 13.3. The van der Waals surface area contributed by atoms with Gasteiger partial charge in [0.25, 0.3) is 0 Å². The summed E-state index contributed by atoms with van der Waals surface area (Å²) in [5.41, 5.74) is 1.04. The van der Waals surface area contributed by atoms with Crippen LogP contribution in [-0.2, 0) is 17.9 Å². The summed E-state index contributed by atoms with van der Waals surface area (Å²) in [5, 5.41) is 2.80. The summed E-state index contributed by atoms with van der Waals surface area (Å²) in [6, 6.07) is 13.5. The molecule has 1 aromatic carbocycles. The van der Waals surface area contributed by atoms with Gasteiger partial charge in [-0.05, 0) is 37.5 Å². The van der Waals surface area contributed by atoms with Crippen LogP contribution < -0.4 is 5.32 Å². The lowest BCUT2D eigenvalue weighted by molar-refractivity contribution is -0.133. The van der Waals surface area contributed by atoms with Gasteiger partial charge in [-0.3, -0.25) is 4.79 Å². The number of carbonyl (C=O) groups is 2. The fourth-order valence-corrected chi connectivity index (χ4v) is 2.88. The number of nitrogens with one attached hydrogen (secondary N) is 1. The quantitative estimate of drug-likeness (QED) is 0.792. The van der Waals surface area contributed by atoms with Crippen LogP contribution in [0.25, 0.3) is 0 Å². The Labute approximate surface area is 153 Å². The van der Waals surface area contributed by atoms with E-state index in [1.165, 1.54) is 0 Å². The monoisotopic (exact) mass is 355 g/mol. The van der Waals surface area contributed by atoms with Gasteiger partial charge in [-0.15, -0.1) is 0 Å². The Morgan fingerprint density at radius 2 is 1.88 bits per heavy atom. The zero-order chi connectivity index (χ0) is 18.4. The maximum Gasteiger partial charge on any atom is 0.318 e. The molecule has 0 aliphatic heterocycles. The molecule has 1 N–H and O–H groups in total. The van der Waals surface area contributed by atoms with E-state index in [0.717, 1.165) is 24.2 Å². The largest absolute Gasteiger partial charge is 0.467 e. The van der Waals surface area contributed by atoms with E-state index in [1.807, 2.05) is 49.4 Å². The molecule has 6 heteroatoms. The summed E-state index contributed by atoms with van der Waals surface area (Å²) in [5.74, 6) is 0.647. The van der Waals surface area contributed by atoms with Crippen molar-refractivity contribution in [2.24, 2.45) is 0 Å². The lowest BCUT2D eigenvalue weighted by Crippen LogP contribution is -2.47. The molecule has 138 valence electrons. The Morgan fingerprint density at radius 3 is 2.50 bits per heavy atom. The fourth-order valence-electron chi connectivity index (χ4n) is 2.88. The van der Waals surface area contributed by atoms with Crippen molar-refractivity contribution in [1.82, 2.24) is 15.1 Å². The topological polar surface area (TPSA) is 65.8 Å². The zero-order valence-corrected chi connectivity index (χ0v) is 15.1. The second kappa shape index (κ2) is 8.56. The molecule has 3 amide bonds. The molecular formula is C20H25N3O3. The molecule has 1 aliphatic rings. The van der Waals surface area contributed by atoms with Gasteiger partial charge >= 0.3 is 6.03 Å². The highest BCUT2D eigenvalue weighted by atomic mass is 16.3. The van der Waals surface area contributed by atoms with Crippen LogP contribution in [0.3, 0.4) is 0 Å². The Morgan fingerprint density at radius 1 is 1.12 bits per heavy atom. The molecule has 0 bridgehead atoms. The molecule has 0 saturated heterocycles. The van der Waals surface area contributed by atoms with Gasteiger partial charge in [0.2, 0.25) is 5.91 Å². The van der Waals surface area contributed by atoms with Crippen LogP contribution >= 0.6 is 0 Å². The maximum absolute atomic E-state index is 13.0. The molecule has 1 aliphatic carbocycles. The van der Waals surface area contributed by atoms with Gasteiger partial charge in [0.05, 0.1) is 12.8 Å². The van der Waals surface area contributed by atoms with Crippen molar-refractivity contribution < 1.29 is 14.0 Å². The third kappa shape index (κ3) is 4.88. The van der Waals surface area contributed by atoms with Crippen molar-refractivity contribution in [1.29, 1.82) is 0 Å². The zero-order valence-electron chi connectivity index (χ0n) is 15.1. The van der Waals surface area contributed by atoms with Crippen LogP contribution in [0.15, 0.2) is 53.1 Å². The second-order valence-electron chi connectivity index (χ2n) is 6.51. The molecule has 1 aromatic heterocycles. The van der Waals surface area contributed by atoms with Crippen LogP contribution in [0.5, 0.6) is 0 Å². The highest BCUT2D eigenvalue weighted by Gasteiger charge is 2.34. The molecule has 6 nitrogen and oxygen atoms in total. The molecule has 3 rings (SSSR count). The number of urea groups is 1. The third-order valence-electron chi connectivity index (χ3n) is 4.38. The lowest BCUT2D eigenvalue weighted by atomic mass is 10.2. The molecule has 1 fully saturated rings. The number of carbonyl (C=O) groups excluding carboxylic acids is 2. The summed E-state index contributed by atoms with van der Waals surface area (Å²) < 4.78 is 5.42. The smallest absolute Gasteiger partial charge is 0.318 e. The SMILES string of the molecule is CCNC(=O)N(CC(=O)N(Cc1ccccc1)Cc1ccco1)C1CC1. The van der Waals surface area contributed by atoms with Gasteiger partial charge in [-0.1, -0.05) is 30.3 Å². The molecule has 2 aromatic rings. The van der Waals surface area contributed by atoms with E-state index < -0.39 is 0 Å². The molecule has 1 heterocycles. The number of benzene rings is 1. The van der Waals surface area contributed by atoms with E-state index in [2.05, 4.69) is 5.32 Å². The lowest BCUT2D eigenvalue weighted by Gasteiger charge is -2.27. The van der Waals surface area contributed by atoms with E-state index in [-0.39, 0.29) is 24.5 Å². The minimum absolute atomic E-state index is 0.0802. The molecule has 0 unspecified atom stereocenters. The summed E-state index contributed by atoms with van der Waals surface area (Å²) >= 11 is 0. The molecule has 0 spiro atoms. The second-order valence-corrected chi connectivity index (χ2v) is 6.51. The Hall–Kier alpha value is -2.76. The number of rotatable bonds is 8. The first-order valence-electron chi connectivity index (χ1n) is 9.06. The summed E-state index contributed by atoms with van der Waals surface area (Å²) in [6.45, 7) is 3.38. The average molecular weight is 355 g/mol. The Bertz CT molecular complexity index is 711. The van der Waals surface area contributed by atoms with Crippen LogP contribution in [0.4, 0.5) is 4.79 Å². The van der Waals surface area contributed by atoms with Crippen LogP contribution in [0.1, 0.15) is 31.1 Å². The maximum atomic E-state index is 13.0. The summed E-state index contributed by atoms with van der Waals surface area (Å²) in [6.07, 6.45) is 3.52. The van der Waals surface area contributed by atoms with E-state index in [0.29, 0.717) is 19.6 Å². The molecule has 1 saturated carbocycles. The predicted molar refractivity (Wildman–Crippen MR) is 98.2 cm³/mol. The first kappa shape index (κ1) is 18.0. The van der Waals surface area contributed by atoms with Crippen molar-refractivity contribution in [3.8, 4) is 0 Å². The van der Waals surface area contributed by atoms with E-state index in [1.54, 1.807) is 16.1 Å². The highest BCUT2D eigenvalue weighted by molar-refractivity contribution is 5.84. The number of hydrogen-bond acceptors (Lipinski definition) is 3. The average Bonchev–Trinajstić information content (AvgIpc) is 3.36. The van der Waals surface area contributed by atoms with E-state index in [9.17, 15) is 9.59 Å². The molecule has 0 atom stereocenters. The van der Waals surface area contributed by atoms with Crippen molar-refractivity contribution >= 4 is 11.9 Å². The fraction of sp³-hybridized carbons (Fsp3) is 0.400. The van der Waals surface area contributed by atoms with Crippen molar-refractivity contribution in [3.05, 3.63) is 60.1 Å². The number of amides is 3. The minimum atomic E-state index is -0.166. The number of hydrogen-bond donors (Lipinski definition) is 1. The van der Waals surface area contributed by atoms with Gasteiger partial charge < -0.3 is 19.5 Å². The van der Waals surface area contributed by atoms with Crippen LogP contribution in [0.2, 0.25) is 0 Å². The Kier molecular flexibility index (Phi) is 5.94. The Balaban J connectivity index is 1.71. The van der Waals surface area contributed by atoms with Crippen molar-refractivity contribution in [2.75, 3.05) is 13.1 Å². The number of furan rings is 1. The van der Waals surface area contributed by atoms with Gasteiger partial charge in [0.15, 0.2) is 0 Å². The first-order valence-corrected chi connectivity index (χ1v) is 9.06. The standard InChI is InChI=1S/C20H25N3O3/c1-2-21-20(25)23(17-10-11-17)15-19(24)22(14-18-9-6-12-26-18)13-16-7-4-3-5-8-16/h3-9,12,17H,2,10-11,13-15H2,1H3,(H,21,25). The van der Waals surface area contributed by atoms with Crippen molar-refractivity contribution in [3.63, 3.8) is 0 Å². The van der Waals surface area contributed by atoms with Gasteiger partial charge in [0.1, 0.15) is 12.3 Å². The van der Waals surface area contributed by atoms with E-state index >= 15 is 0 Å². The van der Waals surface area contributed by atoms with Gasteiger partial charge in [-0.2, -0.15) is 0 Å². The third-order valence-corrected chi connectivity index (χ3v) is 4.38. The van der Waals surface area contributed by atoms with Gasteiger partial charge in [-0.25, -0.2) is 4.79 Å². The van der Waals surface area contributed by atoms with E-state index in [4.69, 9.17) is 4.42 Å². The van der Waals surface area contributed by atoms with Crippen molar-refractivity contribution in [2.45, 2.75) is 38.9 Å². The first-order chi connectivity index (χ1) is 12.7. The molecular weight excluding hydrogens is 330 g/mol.